The number of rotatable bonds is 4. The lowest BCUT2D eigenvalue weighted by Gasteiger charge is -2.00. The molecular weight excluding hydrogens is 156 g/mol. The predicted molar refractivity (Wildman–Crippen MR) is 43.4 cm³/mol. The van der Waals surface area contributed by atoms with E-state index in [2.05, 4.69) is 29.3 Å². The number of hydrogen-bond donors (Lipinski definition) is 1. The van der Waals surface area contributed by atoms with Gasteiger partial charge in [0.05, 0.1) is 13.2 Å². The van der Waals surface area contributed by atoms with E-state index in [-0.39, 0.29) is 6.61 Å². The number of tetrazole rings is 1. The van der Waals surface area contributed by atoms with Gasteiger partial charge in [-0.15, -0.1) is 10.2 Å². The van der Waals surface area contributed by atoms with Crippen LogP contribution in [-0.4, -0.2) is 31.9 Å². The highest BCUT2D eigenvalue weighted by Crippen LogP contribution is 1.95. The van der Waals surface area contributed by atoms with Crippen LogP contribution < -0.4 is 0 Å². The molecule has 5 nitrogen and oxygen atoms in total. The number of aliphatic hydroxyl groups excluding tert-OH is 1. The van der Waals surface area contributed by atoms with Gasteiger partial charge < -0.3 is 5.11 Å². The van der Waals surface area contributed by atoms with Gasteiger partial charge in [0.25, 0.3) is 0 Å². The maximum atomic E-state index is 8.59. The number of hydrogen-bond acceptors (Lipinski definition) is 4. The third kappa shape index (κ3) is 2.58. The van der Waals surface area contributed by atoms with E-state index in [0.29, 0.717) is 18.2 Å². The highest BCUT2D eigenvalue weighted by Gasteiger charge is 2.02. The molecule has 0 saturated heterocycles. The zero-order valence-corrected chi connectivity index (χ0v) is 7.43. The second-order valence-corrected chi connectivity index (χ2v) is 3.13. The summed E-state index contributed by atoms with van der Waals surface area (Å²) >= 11 is 0. The Morgan fingerprint density at radius 2 is 2.25 bits per heavy atom. The molecule has 0 aromatic carbocycles. The standard InChI is InChI=1S/C7H14N4O/c1-6(2)5-11-9-7(3-4-12)8-10-11/h6,12H,3-5H2,1-2H3. The van der Waals surface area contributed by atoms with Gasteiger partial charge in [0.2, 0.25) is 0 Å². The molecule has 1 rings (SSSR count). The Morgan fingerprint density at radius 1 is 1.50 bits per heavy atom. The first-order valence-electron chi connectivity index (χ1n) is 4.10. The zero-order chi connectivity index (χ0) is 8.97. The molecule has 1 N–H and O–H groups in total. The minimum atomic E-state index is 0.0768. The molecule has 1 aromatic rings. The Hall–Kier alpha value is -0.970. The van der Waals surface area contributed by atoms with E-state index in [9.17, 15) is 0 Å². The third-order valence-electron chi connectivity index (χ3n) is 1.36. The van der Waals surface area contributed by atoms with E-state index in [1.54, 1.807) is 4.80 Å². The van der Waals surface area contributed by atoms with Crippen LogP contribution in [0.1, 0.15) is 19.7 Å². The Labute approximate surface area is 71.4 Å². The number of aromatic nitrogens is 4. The van der Waals surface area contributed by atoms with Crippen LogP contribution in [0.4, 0.5) is 0 Å². The first-order chi connectivity index (χ1) is 5.72. The molecule has 12 heavy (non-hydrogen) atoms. The van der Waals surface area contributed by atoms with Gasteiger partial charge in [-0.1, -0.05) is 13.8 Å². The van der Waals surface area contributed by atoms with E-state index in [4.69, 9.17) is 5.11 Å². The van der Waals surface area contributed by atoms with Crippen LogP contribution in [0.5, 0.6) is 0 Å². The van der Waals surface area contributed by atoms with Crippen LogP contribution in [0.25, 0.3) is 0 Å². The Kier molecular flexibility index (Phi) is 3.16. The Morgan fingerprint density at radius 3 is 2.83 bits per heavy atom. The molecule has 0 amide bonds. The van der Waals surface area contributed by atoms with Crippen LogP contribution >= 0.6 is 0 Å². The van der Waals surface area contributed by atoms with Gasteiger partial charge in [-0.2, -0.15) is 4.80 Å². The van der Waals surface area contributed by atoms with Crippen LogP contribution in [0, 0.1) is 5.92 Å². The SMILES string of the molecule is CC(C)Cn1nnc(CCO)n1. The third-order valence-corrected chi connectivity index (χ3v) is 1.36. The second kappa shape index (κ2) is 4.15. The maximum Gasteiger partial charge on any atom is 0.177 e. The van der Waals surface area contributed by atoms with Crippen molar-refractivity contribution in [2.45, 2.75) is 26.8 Å². The molecule has 1 aromatic heterocycles. The Bertz CT molecular complexity index is 233. The summed E-state index contributed by atoms with van der Waals surface area (Å²) in [6.07, 6.45) is 0.484. The number of aliphatic hydroxyl groups is 1. The van der Waals surface area contributed by atoms with Crippen molar-refractivity contribution in [3.8, 4) is 0 Å². The predicted octanol–water partition coefficient (Wildman–Crippen LogP) is -0.136. The summed E-state index contributed by atoms with van der Waals surface area (Å²) in [5.74, 6) is 1.12. The van der Waals surface area contributed by atoms with E-state index in [0.717, 1.165) is 6.54 Å². The van der Waals surface area contributed by atoms with Crippen LogP contribution in [0.15, 0.2) is 0 Å². The van der Waals surface area contributed by atoms with Gasteiger partial charge in [0.15, 0.2) is 5.82 Å². The molecule has 0 aliphatic heterocycles. The molecule has 0 aliphatic carbocycles. The number of nitrogens with zero attached hydrogens (tertiary/aromatic N) is 4. The summed E-state index contributed by atoms with van der Waals surface area (Å²) in [6, 6.07) is 0. The fourth-order valence-electron chi connectivity index (χ4n) is 0.880. The Balaban J connectivity index is 2.52. The second-order valence-electron chi connectivity index (χ2n) is 3.13. The molecule has 0 unspecified atom stereocenters. The van der Waals surface area contributed by atoms with Crippen molar-refractivity contribution in [1.29, 1.82) is 0 Å². The summed E-state index contributed by atoms with van der Waals surface area (Å²) in [7, 11) is 0. The molecule has 1 heterocycles. The van der Waals surface area contributed by atoms with Crippen molar-refractivity contribution in [1.82, 2.24) is 20.2 Å². The summed E-state index contributed by atoms with van der Waals surface area (Å²) in [5, 5.41) is 20.3. The van der Waals surface area contributed by atoms with Gasteiger partial charge in [-0.05, 0) is 11.1 Å². The van der Waals surface area contributed by atoms with Gasteiger partial charge >= 0.3 is 0 Å². The van der Waals surface area contributed by atoms with Crippen LogP contribution in [0.2, 0.25) is 0 Å². The van der Waals surface area contributed by atoms with E-state index < -0.39 is 0 Å². The zero-order valence-electron chi connectivity index (χ0n) is 7.43. The summed E-state index contributed by atoms with van der Waals surface area (Å²) in [5.41, 5.74) is 0. The van der Waals surface area contributed by atoms with E-state index in [1.807, 2.05) is 0 Å². The van der Waals surface area contributed by atoms with Crippen LogP contribution in [-0.2, 0) is 13.0 Å². The molecule has 0 aliphatic rings. The lowest BCUT2D eigenvalue weighted by Crippen LogP contribution is -2.08. The molecule has 0 bridgehead atoms. The summed E-state index contributed by atoms with van der Waals surface area (Å²) in [4.78, 5) is 1.57. The van der Waals surface area contributed by atoms with Gasteiger partial charge in [-0.3, -0.25) is 0 Å². The average Bonchev–Trinajstić information content (AvgIpc) is 2.36. The fourth-order valence-corrected chi connectivity index (χ4v) is 0.880. The van der Waals surface area contributed by atoms with Crippen molar-refractivity contribution in [2.75, 3.05) is 6.61 Å². The van der Waals surface area contributed by atoms with Crippen molar-refractivity contribution in [3.05, 3.63) is 5.82 Å². The molecule has 0 saturated carbocycles. The summed E-state index contributed by atoms with van der Waals surface area (Å²) in [6.45, 7) is 5.04. The highest BCUT2D eigenvalue weighted by atomic mass is 16.3. The van der Waals surface area contributed by atoms with Crippen molar-refractivity contribution in [3.63, 3.8) is 0 Å². The molecule has 0 atom stereocenters. The van der Waals surface area contributed by atoms with Crippen molar-refractivity contribution in [2.24, 2.45) is 5.92 Å². The lowest BCUT2D eigenvalue weighted by atomic mass is 10.2. The molecule has 0 spiro atoms. The van der Waals surface area contributed by atoms with Gasteiger partial charge in [-0.25, -0.2) is 0 Å². The fraction of sp³-hybridized carbons (Fsp3) is 0.857. The molecular formula is C7H14N4O. The minimum absolute atomic E-state index is 0.0768. The van der Waals surface area contributed by atoms with Gasteiger partial charge in [0, 0.05) is 6.42 Å². The minimum Gasteiger partial charge on any atom is -0.396 e. The van der Waals surface area contributed by atoms with Crippen LogP contribution in [0.3, 0.4) is 0 Å². The van der Waals surface area contributed by atoms with E-state index >= 15 is 0 Å². The highest BCUT2D eigenvalue weighted by molar-refractivity contribution is 4.75. The normalized spacial score (nSPS) is 11.0. The average molecular weight is 170 g/mol. The maximum absolute atomic E-state index is 8.59. The molecule has 5 heteroatoms. The first-order valence-corrected chi connectivity index (χ1v) is 4.10. The molecule has 0 fully saturated rings. The molecule has 0 radical (unpaired) electrons. The van der Waals surface area contributed by atoms with E-state index in [1.165, 1.54) is 0 Å². The van der Waals surface area contributed by atoms with Gasteiger partial charge in [0.1, 0.15) is 0 Å². The topological polar surface area (TPSA) is 63.8 Å². The summed E-state index contributed by atoms with van der Waals surface area (Å²) < 4.78 is 0. The quantitative estimate of drug-likeness (QED) is 0.683. The largest absolute Gasteiger partial charge is 0.396 e. The monoisotopic (exact) mass is 170 g/mol. The molecule has 68 valence electrons. The first kappa shape index (κ1) is 9.12. The van der Waals surface area contributed by atoms with Crippen molar-refractivity contribution >= 4 is 0 Å². The lowest BCUT2D eigenvalue weighted by molar-refractivity contribution is 0.296. The smallest absolute Gasteiger partial charge is 0.177 e. The van der Waals surface area contributed by atoms with Crippen molar-refractivity contribution < 1.29 is 5.11 Å².